The summed E-state index contributed by atoms with van der Waals surface area (Å²) in [5, 5.41) is 0. The maximum Gasteiger partial charge on any atom is 0.252 e. The van der Waals surface area contributed by atoms with Gasteiger partial charge in [-0.15, -0.1) is 0 Å². The molecule has 2 nitrogen and oxygen atoms in total. The summed E-state index contributed by atoms with van der Waals surface area (Å²) in [4.78, 5) is 5.50. The van der Waals surface area contributed by atoms with E-state index in [0.29, 0.717) is 0 Å². The van der Waals surface area contributed by atoms with Gasteiger partial charge in [0, 0.05) is 34.1 Å². The SMILES string of the molecule is Cc1cc2c3c(c1)N(c1ccc4c(c1)C(C)(C)CCC4(C)C)c1cc4c(cc1B3c1cc3c(cc1N2c1ccc2c(c1)CCCCCCC2)CCCCCCC3)C(C)(C)CCC4(C)C. The lowest BCUT2D eigenvalue weighted by molar-refractivity contribution is 0.332. The minimum Gasteiger partial charge on any atom is -0.311 e. The molecule has 0 saturated carbocycles. The third-order valence-corrected chi connectivity index (χ3v) is 17.8. The molecule has 11 rings (SSSR count). The van der Waals surface area contributed by atoms with Crippen molar-refractivity contribution in [3.8, 4) is 0 Å². The van der Waals surface area contributed by atoms with Gasteiger partial charge in [0.1, 0.15) is 0 Å². The fraction of sp³-hybridized carbons (Fsp3) is 0.508. The van der Waals surface area contributed by atoms with Crippen LogP contribution in [-0.2, 0) is 47.3 Å². The molecular weight excluding hydrogens is 771 g/mol. The van der Waals surface area contributed by atoms with Gasteiger partial charge in [0.15, 0.2) is 0 Å². The Balaban J connectivity index is 1.22. The van der Waals surface area contributed by atoms with Gasteiger partial charge >= 0.3 is 0 Å². The second kappa shape index (κ2) is 15.4. The van der Waals surface area contributed by atoms with Crippen molar-refractivity contribution < 1.29 is 0 Å². The predicted octanol–water partition coefficient (Wildman–Crippen LogP) is 14.9. The summed E-state index contributed by atoms with van der Waals surface area (Å²) < 4.78 is 0. The summed E-state index contributed by atoms with van der Waals surface area (Å²) in [6, 6.07) is 31.3. The van der Waals surface area contributed by atoms with E-state index >= 15 is 0 Å². The molecule has 2 aliphatic heterocycles. The number of hydrogen-bond donors (Lipinski definition) is 0. The quantitative estimate of drug-likeness (QED) is 0.160. The molecule has 4 aliphatic carbocycles. The fourth-order valence-corrected chi connectivity index (χ4v) is 13.6. The average Bonchev–Trinajstić information content (AvgIpc) is 3.46. The van der Waals surface area contributed by atoms with Crippen molar-refractivity contribution in [3.05, 3.63) is 123 Å². The summed E-state index contributed by atoms with van der Waals surface area (Å²) >= 11 is 0. The highest BCUT2D eigenvalue weighted by molar-refractivity contribution is 7.00. The lowest BCUT2D eigenvalue weighted by Crippen LogP contribution is -2.62. The molecule has 0 bridgehead atoms. The molecule has 6 aliphatic rings. The number of hydrogen-bond acceptors (Lipinski definition) is 2. The van der Waals surface area contributed by atoms with Crippen molar-refractivity contribution in [1.29, 1.82) is 0 Å². The predicted molar refractivity (Wildman–Crippen MR) is 277 cm³/mol. The van der Waals surface area contributed by atoms with Crippen molar-refractivity contribution in [3.63, 3.8) is 0 Å². The monoisotopic (exact) mass is 847 g/mol. The maximum absolute atomic E-state index is 2.75. The topological polar surface area (TPSA) is 6.48 Å². The molecule has 2 heterocycles. The van der Waals surface area contributed by atoms with Gasteiger partial charge in [0.05, 0.1) is 0 Å². The van der Waals surface area contributed by atoms with E-state index in [1.807, 2.05) is 0 Å². The second-order valence-corrected chi connectivity index (χ2v) is 24.2. The molecule has 3 heteroatoms. The van der Waals surface area contributed by atoms with Crippen LogP contribution in [0, 0.1) is 6.92 Å². The first-order valence-electron chi connectivity index (χ1n) is 26.0. The summed E-state index contributed by atoms with van der Waals surface area (Å²) in [6.07, 6.45) is 22.9. The normalized spacial score (nSPS) is 21.4. The van der Waals surface area contributed by atoms with Crippen LogP contribution in [0.4, 0.5) is 34.1 Å². The lowest BCUT2D eigenvalue weighted by atomic mass is 9.33. The van der Waals surface area contributed by atoms with Crippen LogP contribution in [-0.4, -0.2) is 6.71 Å². The Morgan fingerprint density at radius 3 is 1.39 bits per heavy atom. The molecular formula is C61H75BN2. The van der Waals surface area contributed by atoms with Gasteiger partial charge in [-0.05, 0) is 221 Å². The van der Waals surface area contributed by atoms with Gasteiger partial charge in [-0.1, -0.05) is 118 Å². The Morgan fingerprint density at radius 2 is 0.797 bits per heavy atom. The largest absolute Gasteiger partial charge is 0.311 e. The molecule has 0 saturated heterocycles. The van der Waals surface area contributed by atoms with Gasteiger partial charge in [-0.3, -0.25) is 0 Å². The first kappa shape index (κ1) is 42.4. The highest BCUT2D eigenvalue weighted by Crippen LogP contribution is 2.53. The van der Waals surface area contributed by atoms with Gasteiger partial charge in [-0.25, -0.2) is 0 Å². The average molecular weight is 847 g/mol. The zero-order valence-corrected chi connectivity index (χ0v) is 41.1. The first-order chi connectivity index (χ1) is 30.6. The first-order valence-corrected chi connectivity index (χ1v) is 26.0. The number of anilines is 6. The lowest BCUT2D eigenvalue weighted by Gasteiger charge is -2.48. The smallest absolute Gasteiger partial charge is 0.252 e. The zero-order chi connectivity index (χ0) is 44.3. The fourth-order valence-electron chi connectivity index (χ4n) is 13.6. The summed E-state index contributed by atoms with van der Waals surface area (Å²) in [5.41, 5.74) is 27.1. The minimum atomic E-state index is 0.102. The van der Waals surface area contributed by atoms with Crippen molar-refractivity contribution in [2.45, 2.75) is 200 Å². The number of aryl methyl sites for hydroxylation is 5. The molecule has 0 unspecified atom stereocenters. The van der Waals surface area contributed by atoms with Crippen LogP contribution in [0.2, 0.25) is 0 Å². The van der Waals surface area contributed by atoms with Crippen LogP contribution in [0.15, 0.2) is 72.8 Å². The molecule has 5 aromatic carbocycles. The minimum absolute atomic E-state index is 0.102. The number of nitrogens with zero attached hydrogens (tertiary/aromatic N) is 2. The molecule has 0 fully saturated rings. The molecule has 332 valence electrons. The molecule has 0 radical (unpaired) electrons. The van der Waals surface area contributed by atoms with Crippen LogP contribution < -0.4 is 26.2 Å². The van der Waals surface area contributed by atoms with E-state index in [0.717, 1.165) is 0 Å². The number of benzene rings is 5. The summed E-state index contributed by atoms with van der Waals surface area (Å²) in [7, 11) is 0. The molecule has 5 aromatic rings. The van der Waals surface area contributed by atoms with Crippen molar-refractivity contribution in [2.75, 3.05) is 9.80 Å². The molecule has 64 heavy (non-hydrogen) atoms. The van der Waals surface area contributed by atoms with E-state index in [9.17, 15) is 0 Å². The van der Waals surface area contributed by atoms with Gasteiger partial charge in [0.25, 0.3) is 6.71 Å². The molecule has 0 aromatic heterocycles. The Kier molecular flexibility index (Phi) is 10.2. The Bertz CT molecular complexity index is 2670. The van der Waals surface area contributed by atoms with E-state index in [1.165, 1.54) is 183 Å². The van der Waals surface area contributed by atoms with E-state index in [4.69, 9.17) is 0 Å². The molecule has 0 amide bonds. The Hall–Kier alpha value is -4.24. The van der Waals surface area contributed by atoms with E-state index in [-0.39, 0.29) is 28.4 Å². The van der Waals surface area contributed by atoms with Crippen LogP contribution in [0.1, 0.15) is 195 Å². The summed E-state index contributed by atoms with van der Waals surface area (Å²) in [6.45, 7) is 22.5. The van der Waals surface area contributed by atoms with Crippen LogP contribution >= 0.6 is 0 Å². The summed E-state index contributed by atoms with van der Waals surface area (Å²) in [5.74, 6) is 0. The van der Waals surface area contributed by atoms with Crippen LogP contribution in [0.5, 0.6) is 0 Å². The Morgan fingerprint density at radius 1 is 0.375 bits per heavy atom. The third-order valence-electron chi connectivity index (χ3n) is 17.8. The van der Waals surface area contributed by atoms with Gasteiger partial charge in [0.2, 0.25) is 0 Å². The maximum atomic E-state index is 2.75. The van der Waals surface area contributed by atoms with E-state index < -0.39 is 0 Å². The molecule has 0 N–H and O–H groups in total. The third kappa shape index (κ3) is 6.94. The van der Waals surface area contributed by atoms with Crippen molar-refractivity contribution >= 4 is 57.2 Å². The second-order valence-electron chi connectivity index (χ2n) is 24.2. The van der Waals surface area contributed by atoms with Gasteiger partial charge < -0.3 is 9.80 Å². The van der Waals surface area contributed by atoms with Crippen LogP contribution in [0.3, 0.4) is 0 Å². The van der Waals surface area contributed by atoms with Crippen molar-refractivity contribution in [2.24, 2.45) is 0 Å². The highest BCUT2D eigenvalue weighted by Gasteiger charge is 2.47. The Labute approximate surface area is 387 Å². The number of fused-ring (bicyclic) bond motifs is 8. The van der Waals surface area contributed by atoms with E-state index in [1.54, 1.807) is 33.4 Å². The highest BCUT2D eigenvalue weighted by atomic mass is 15.2. The van der Waals surface area contributed by atoms with Crippen LogP contribution in [0.25, 0.3) is 0 Å². The van der Waals surface area contributed by atoms with E-state index in [2.05, 4.69) is 145 Å². The zero-order valence-electron chi connectivity index (χ0n) is 41.1. The molecule has 0 atom stereocenters. The van der Waals surface area contributed by atoms with Gasteiger partial charge in [-0.2, -0.15) is 0 Å². The van der Waals surface area contributed by atoms with Crippen molar-refractivity contribution in [1.82, 2.24) is 0 Å². The molecule has 0 spiro atoms. The standard InChI is InChI=1S/C61H75BN2/c1-40-32-55-57-56(33-40)64(46-26-27-47-48(37-46)59(4,5)29-28-58(47,2)3)54-39-50-49(60(6,7)30-31-61(50,8)9)38-52(54)62(57)51-35-43-22-18-14-11-15-19-23-44(43)36-53(51)63(55)45-25-24-41-20-16-12-10-13-17-21-42(41)34-45/h24-27,32-39H,10-23,28-31H2,1-9H3. The number of rotatable bonds is 2.